The lowest BCUT2D eigenvalue weighted by Gasteiger charge is -2.41. The fourth-order valence-corrected chi connectivity index (χ4v) is 3.25. The molecule has 26 heavy (non-hydrogen) atoms. The average Bonchev–Trinajstić information content (AvgIpc) is 2.60. The van der Waals surface area contributed by atoms with Gasteiger partial charge in [-0.05, 0) is 30.2 Å². The Bertz CT molecular complexity index is 567. The van der Waals surface area contributed by atoms with Crippen LogP contribution in [0.25, 0.3) is 0 Å². The van der Waals surface area contributed by atoms with E-state index >= 15 is 0 Å². The van der Waals surface area contributed by atoms with Crippen LogP contribution in [0, 0.1) is 5.41 Å². The van der Waals surface area contributed by atoms with E-state index in [1.807, 2.05) is 37.4 Å². The number of carbonyl (C=O) groups excluding carboxylic acids is 1. The molecule has 5 nitrogen and oxygen atoms in total. The summed E-state index contributed by atoms with van der Waals surface area (Å²) >= 11 is 0. The molecule has 0 radical (unpaired) electrons. The minimum absolute atomic E-state index is 0. The van der Waals surface area contributed by atoms with Crippen LogP contribution in [0.3, 0.4) is 0 Å². The van der Waals surface area contributed by atoms with E-state index in [4.69, 9.17) is 0 Å². The molecule has 2 N–H and O–H groups in total. The Hall–Kier alpha value is -1.31. The van der Waals surface area contributed by atoms with E-state index < -0.39 is 0 Å². The first-order chi connectivity index (χ1) is 12.1. The van der Waals surface area contributed by atoms with Gasteiger partial charge in [0.05, 0.1) is 0 Å². The first-order valence-corrected chi connectivity index (χ1v) is 9.31. The van der Waals surface area contributed by atoms with Crippen molar-refractivity contribution in [1.29, 1.82) is 0 Å². The van der Waals surface area contributed by atoms with Gasteiger partial charge in [-0.15, -0.1) is 24.0 Å². The quantitative estimate of drug-likeness (QED) is 0.347. The Kier molecular flexibility index (Phi) is 9.98. The van der Waals surface area contributed by atoms with E-state index in [2.05, 4.69) is 22.5 Å². The minimum Gasteiger partial charge on any atom is -0.356 e. The molecule has 2 rings (SSSR count). The third kappa shape index (κ3) is 6.78. The first kappa shape index (κ1) is 22.7. The second-order valence-electron chi connectivity index (χ2n) is 7.05. The number of carbonyl (C=O) groups is 1. The SMILES string of the molecule is CCC1(CNC(=NC)NCCC(=O)N(C)Cc2ccccc2)CCC1.I. The monoisotopic (exact) mass is 472 g/mol. The van der Waals surface area contributed by atoms with Gasteiger partial charge in [-0.2, -0.15) is 0 Å². The largest absolute Gasteiger partial charge is 0.356 e. The highest BCUT2D eigenvalue weighted by Gasteiger charge is 2.34. The van der Waals surface area contributed by atoms with Crippen molar-refractivity contribution >= 4 is 35.8 Å². The van der Waals surface area contributed by atoms with Crippen LogP contribution in [0.2, 0.25) is 0 Å². The molecule has 6 heteroatoms. The van der Waals surface area contributed by atoms with E-state index in [1.54, 1.807) is 11.9 Å². The summed E-state index contributed by atoms with van der Waals surface area (Å²) in [4.78, 5) is 18.3. The highest BCUT2D eigenvalue weighted by atomic mass is 127. The maximum Gasteiger partial charge on any atom is 0.224 e. The molecule has 0 aromatic heterocycles. The molecule has 1 aromatic carbocycles. The molecular weight excluding hydrogens is 439 g/mol. The van der Waals surface area contributed by atoms with Gasteiger partial charge < -0.3 is 15.5 Å². The van der Waals surface area contributed by atoms with Crippen LogP contribution in [0.4, 0.5) is 0 Å². The lowest BCUT2D eigenvalue weighted by atomic mass is 9.67. The smallest absolute Gasteiger partial charge is 0.224 e. The first-order valence-electron chi connectivity index (χ1n) is 9.31. The summed E-state index contributed by atoms with van der Waals surface area (Å²) in [5, 5.41) is 6.68. The third-order valence-corrected chi connectivity index (χ3v) is 5.34. The number of nitrogens with one attached hydrogen (secondary N) is 2. The normalized spacial score (nSPS) is 15.4. The van der Waals surface area contributed by atoms with Crippen molar-refractivity contribution in [2.45, 2.75) is 45.6 Å². The molecule has 1 fully saturated rings. The number of halogens is 1. The number of hydrogen-bond donors (Lipinski definition) is 2. The molecule has 1 amide bonds. The highest BCUT2D eigenvalue weighted by molar-refractivity contribution is 14.0. The molecular formula is C20H33IN4O. The summed E-state index contributed by atoms with van der Waals surface area (Å²) in [6.07, 6.45) is 5.61. The van der Waals surface area contributed by atoms with Gasteiger partial charge in [-0.25, -0.2) is 0 Å². The maximum absolute atomic E-state index is 12.3. The topological polar surface area (TPSA) is 56.7 Å². The molecule has 0 saturated heterocycles. The van der Waals surface area contributed by atoms with Crippen LogP contribution in [0.15, 0.2) is 35.3 Å². The summed E-state index contributed by atoms with van der Waals surface area (Å²) < 4.78 is 0. The lowest BCUT2D eigenvalue weighted by Crippen LogP contribution is -2.46. The van der Waals surface area contributed by atoms with Crippen LogP contribution in [-0.4, -0.2) is 44.0 Å². The molecule has 0 aliphatic heterocycles. The van der Waals surface area contributed by atoms with Crippen molar-refractivity contribution in [3.05, 3.63) is 35.9 Å². The number of guanidine groups is 1. The summed E-state index contributed by atoms with van der Waals surface area (Å²) in [7, 11) is 3.63. The van der Waals surface area contributed by atoms with Gasteiger partial charge in [0.1, 0.15) is 0 Å². The van der Waals surface area contributed by atoms with Gasteiger partial charge >= 0.3 is 0 Å². The van der Waals surface area contributed by atoms with Crippen LogP contribution in [0.5, 0.6) is 0 Å². The Morgan fingerprint density at radius 2 is 1.92 bits per heavy atom. The number of rotatable bonds is 8. The molecule has 146 valence electrons. The van der Waals surface area contributed by atoms with Gasteiger partial charge in [0, 0.05) is 40.2 Å². The van der Waals surface area contributed by atoms with Gasteiger partial charge in [0.2, 0.25) is 5.91 Å². The zero-order valence-electron chi connectivity index (χ0n) is 16.3. The van der Waals surface area contributed by atoms with E-state index in [-0.39, 0.29) is 29.9 Å². The zero-order valence-corrected chi connectivity index (χ0v) is 18.6. The Balaban J connectivity index is 0.00000338. The van der Waals surface area contributed by atoms with Crippen molar-refractivity contribution in [2.75, 3.05) is 27.2 Å². The van der Waals surface area contributed by atoms with Gasteiger partial charge in [-0.3, -0.25) is 9.79 Å². The summed E-state index contributed by atoms with van der Waals surface area (Å²) in [6.45, 7) is 4.46. The third-order valence-electron chi connectivity index (χ3n) is 5.34. The van der Waals surface area contributed by atoms with Crippen molar-refractivity contribution in [3.8, 4) is 0 Å². The van der Waals surface area contributed by atoms with E-state index in [0.717, 1.165) is 18.1 Å². The Morgan fingerprint density at radius 1 is 1.23 bits per heavy atom. The summed E-state index contributed by atoms with van der Waals surface area (Å²) in [6, 6.07) is 10.1. The van der Waals surface area contributed by atoms with Crippen molar-refractivity contribution in [3.63, 3.8) is 0 Å². The Morgan fingerprint density at radius 3 is 2.46 bits per heavy atom. The van der Waals surface area contributed by atoms with Gasteiger partial charge in [0.25, 0.3) is 0 Å². The van der Waals surface area contributed by atoms with Crippen LogP contribution in [-0.2, 0) is 11.3 Å². The number of hydrogen-bond acceptors (Lipinski definition) is 2. The van der Waals surface area contributed by atoms with Crippen molar-refractivity contribution < 1.29 is 4.79 Å². The molecule has 0 spiro atoms. The summed E-state index contributed by atoms with van der Waals surface area (Å²) in [5.41, 5.74) is 1.60. The van der Waals surface area contributed by atoms with Crippen molar-refractivity contribution in [2.24, 2.45) is 10.4 Å². The standard InChI is InChI=1S/C20H32N4O.HI/c1-4-20(12-8-13-20)16-23-19(21-2)22-14-11-18(25)24(3)15-17-9-6-5-7-10-17;/h5-7,9-10H,4,8,11-16H2,1-3H3,(H2,21,22,23);1H. The maximum atomic E-state index is 12.3. The predicted octanol–water partition coefficient (Wildman–Crippen LogP) is 3.40. The minimum atomic E-state index is 0. The molecule has 0 atom stereocenters. The number of amides is 1. The molecule has 1 aromatic rings. The molecule has 1 aliphatic carbocycles. The van der Waals surface area contributed by atoms with Gasteiger partial charge in [-0.1, -0.05) is 43.7 Å². The highest BCUT2D eigenvalue weighted by Crippen LogP contribution is 2.42. The number of aliphatic imine (C=N–C) groups is 1. The van der Waals surface area contributed by atoms with Crippen LogP contribution >= 0.6 is 24.0 Å². The molecule has 1 aliphatic rings. The van der Waals surface area contributed by atoms with E-state index in [9.17, 15) is 4.79 Å². The molecule has 1 saturated carbocycles. The molecule has 0 unspecified atom stereocenters. The second kappa shape index (κ2) is 11.4. The fraction of sp³-hybridized carbons (Fsp3) is 0.600. The number of benzene rings is 1. The fourth-order valence-electron chi connectivity index (χ4n) is 3.25. The molecule has 0 heterocycles. The van der Waals surface area contributed by atoms with E-state index in [0.29, 0.717) is 24.9 Å². The summed E-state index contributed by atoms with van der Waals surface area (Å²) in [5.74, 6) is 0.925. The average molecular weight is 472 g/mol. The molecule has 0 bridgehead atoms. The second-order valence-corrected chi connectivity index (χ2v) is 7.05. The number of nitrogens with zero attached hydrogens (tertiary/aromatic N) is 2. The van der Waals surface area contributed by atoms with Crippen LogP contribution < -0.4 is 10.6 Å². The van der Waals surface area contributed by atoms with Gasteiger partial charge in [0.15, 0.2) is 5.96 Å². The zero-order chi connectivity index (χ0) is 18.1. The predicted molar refractivity (Wildman–Crippen MR) is 119 cm³/mol. The lowest BCUT2D eigenvalue weighted by molar-refractivity contribution is -0.130. The van der Waals surface area contributed by atoms with E-state index in [1.165, 1.54) is 25.7 Å². The Labute approximate surface area is 175 Å². The van der Waals surface area contributed by atoms with Crippen LogP contribution in [0.1, 0.15) is 44.6 Å². The van der Waals surface area contributed by atoms with Crippen molar-refractivity contribution in [1.82, 2.24) is 15.5 Å².